The van der Waals surface area contributed by atoms with Gasteiger partial charge in [0.1, 0.15) is 6.04 Å². The van der Waals surface area contributed by atoms with Crippen molar-refractivity contribution in [3.05, 3.63) is 83.7 Å². The van der Waals surface area contributed by atoms with Gasteiger partial charge in [-0.2, -0.15) is 0 Å². The molecule has 0 saturated carbocycles. The van der Waals surface area contributed by atoms with E-state index < -0.39 is 21.8 Å². The van der Waals surface area contributed by atoms with Crippen LogP contribution in [0.1, 0.15) is 5.69 Å². The van der Waals surface area contributed by atoms with Gasteiger partial charge in [0.25, 0.3) is 0 Å². The number of rotatable bonds is 5. The maximum atomic E-state index is 12.1. The van der Waals surface area contributed by atoms with E-state index in [2.05, 4.69) is 10.4 Å². The Bertz CT molecular complexity index is 1310. The summed E-state index contributed by atoms with van der Waals surface area (Å²) in [7, 11) is -1.99. The van der Waals surface area contributed by atoms with Crippen molar-refractivity contribution < 1.29 is 17.9 Å². The molecule has 9 heteroatoms. The second kappa shape index (κ2) is 8.74. The van der Waals surface area contributed by atoms with E-state index in [1.807, 2.05) is 30.3 Å². The zero-order chi connectivity index (χ0) is 22.9. The minimum atomic E-state index is -3.31. The number of hydrogen-bond acceptors (Lipinski definition) is 7. The SMILES string of the molecule is COC(=O)C1C=C(c2ccc(-c3cccc(S(C)(=O)=O)c3)cn2)N(c2ccccc2Cl)N1. The topological polar surface area (TPSA) is 88.6 Å². The highest BCUT2D eigenvalue weighted by molar-refractivity contribution is 7.90. The standard InChI is InChI=1S/C23H20ClN3O4S/c1-31-23(28)20-13-22(27(26-20)21-9-4-3-8-18(21)24)19-11-10-16(14-25-19)15-6-5-7-17(12-15)32(2,29)30/h3-14,20,26H,1-2H3. The molecular formula is C23H20ClN3O4S. The number of pyridine rings is 1. The molecule has 164 valence electrons. The van der Waals surface area contributed by atoms with Crippen molar-refractivity contribution in [2.75, 3.05) is 18.4 Å². The number of halogens is 1. The van der Waals surface area contributed by atoms with Gasteiger partial charge in [-0.1, -0.05) is 41.9 Å². The molecule has 2 heterocycles. The number of para-hydroxylation sites is 1. The zero-order valence-electron chi connectivity index (χ0n) is 17.3. The van der Waals surface area contributed by atoms with Crippen LogP contribution in [0.4, 0.5) is 5.69 Å². The van der Waals surface area contributed by atoms with Gasteiger partial charge < -0.3 is 4.74 Å². The van der Waals surface area contributed by atoms with Crippen LogP contribution in [-0.2, 0) is 19.4 Å². The fourth-order valence-corrected chi connectivity index (χ4v) is 4.27. The molecule has 3 aromatic rings. The smallest absolute Gasteiger partial charge is 0.328 e. The average molecular weight is 470 g/mol. The fraction of sp³-hybridized carbons (Fsp3) is 0.130. The van der Waals surface area contributed by atoms with Crippen molar-refractivity contribution in [2.45, 2.75) is 10.9 Å². The number of hydrogen-bond donors (Lipinski definition) is 1. The van der Waals surface area contributed by atoms with Gasteiger partial charge >= 0.3 is 5.97 Å². The van der Waals surface area contributed by atoms with E-state index in [-0.39, 0.29) is 4.90 Å². The normalized spacial score (nSPS) is 16.0. The maximum Gasteiger partial charge on any atom is 0.328 e. The second-order valence-corrected chi connectivity index (χ2v) is 9.62. The molecule has 0 radical (unpaired) electrons. The van der Waals surface area contributed by atoms with Crippen molar-refractivity contribution >= 4 is 38.8 Å². The molecule has 1 aromatic heterocycles. The number of esters is 1. The summed E-state index contributed by atoms with van der Waals surface area (Å²) in [5.74, 6) is -0.439. The first-order valence-corrected chi connectivity index (χ1v) is 11.9. The number of nitrogens with zero attached hydrogens (tertiary/aromatic N) is 2. The number of aromatic nitrogens is 1. The molecule has 0 fully saturated rings. The molecule has 0 spiro atoms. The number of benzene rings is 2. The van der Waals surface area contributed by atoms with Crippen molar-refractivity contribution in [1.82, 2.24) is 10.4 Å². The lowest BCUT2D eigenvalue weighted by atomic mass is 10.1. The van der Waals surface area contributed by atoms with Gasteiger partial charge in [-0.3, -0.25) is 9.99 Å². The average Bonchev–Trinajstić information content (AvgIpc) is 3.24. The van der Waals surface area contributed by atoms with E-state index >= 15 is 0 Å². The molecule has 1 aliphatic rings. The summed E-state index contributed by atoms with van der Waals surface area (Å²) < 4.78 is 28.6. The molecule has 0 aliphatic carbocycles. The number of carbonyl (C=O) groups excluding carboxylic acids is 1. The Labute approximate surface area is 191 Å². The molecule has 2 aromatic carbocycles. The number of nitrogens with one attached hydrogen (secondary N) is 1. The highest BCUT2D eigenvalue weighted by atomic mass is 35.5. The predicted molar refractivity (Wildman–Crippen MR) is 124 cm³/mol. The molecule has 0 bridgehead atoms. The Hall–Kier alpha value is -3.20. The molecule has 7 nitrogen and oxygen atoms in total. The Balaban J connectivity index is 1.71. The molecule has 0 saturated heterocycles. The Morgan fingerprint density at radius 2 is 1.88 bits per heavy atom. The van der Waals surface area contributed by atoms with Crippen LogP contribution in [0, 0.1) is 0 Å². The summed E-state index contributed by atoms with van der Waals surface area (Å²) in [5, 5.41) is 2.21. The van der Waals surface area contributed by atoms with E-state index in [0.29, 0.717) is 22.1 Å². The highest BCUT2D eigenvalue weighted by Gasteiger charge is 2.31. The van der Waals surface area contributed by atoms with Crippen molar-refractivity contribution in [3.8, 4) is 11.1 Å². The number of ether oxygens (including phenoxy) is 1. The van der Waals surface area contributed by atoms with Crippen LogP contribution < -0.4 is 10.4 Å². The van der Waals surface area contributed by atoms with E-state index in [4.69, 9.17) is 16.3 Å². The number of hydrazine groups is 1. The van der Waals surface area contributed by atoms with E-state index in [1.54, 1.807) is 47.6 Å². The highest BCUT2D eigenvalue weighted by Crippen LogP contribution is 2.34. The van der Waals surface area contributed by atoms with Gasteiger partial charge in [-0.15, -0.1) is 0 Å². The van der Waals surface area contributed by atoms with Gasteiger partial charge in [0.2, 0.25) is 0 Å². The van der Waals surface area contributed by atoms with E-state index in [9.17, 15) is 13.2 Å². The Morgan fingerprint density at radius 1 is 1.09 bits per heavy atom. The van der Waals surface area contributed by atoms with Gasteiger partial charge in [-0.05, 0) is 42.0 Å². The van der Waals surface area contributed by atoms with Crippen LogP contribution in [0.3, 0.4) is 0 Å². The molecule has 1 atom stereocenters. The van der Waals surface area contributed by atoms with Crippen molar-refractivity contribution in [2.24, 2.45) is 0 Å². The summed E-state index contributed by atoms with van der Waals surface area (Å²) in [6.45, 7) is 0. The first-order valence-electron chi connectivity index (χ1n) is 9.65. The molecule has 1 N–H and O–H groups in total. The number of sulfone groups is 1. The van der Waals surface area contributed by atoms with Gasteiger partial charge in [0, 0.05) is 18.0 Å². The van der Waals surface area contributed by atoms with E-state index in [1.165, 1.54) is 13.4 Å². The van der Waals surface area contributed by atoms with Crippen LogP contribution in [0.2, 0.25) is 5.02 Å². The molecule has 0 amide bonds. The lowest BCUT2D eigenvalue weighted by Crippen LogP contribution is -2.41. The number of anilines is 1. The second-order valence-electron chi connectivity index (χ2n) is 7.20. The Morgan fingerprint density at radius 3 is 2.53 bits per heavy atom. The van der Waals surface area contributed by atoms with Crippen LogP contribution in [0.25, 0.3) is 16.8 Å². The third kappa shape index (κ3) is 4.38. The van der Waals surface area contributed by atoms with E-state index in [0.717, 1.165) is 11.1 Å². The molecule has 1 aliphatic heterocycles. The minimum Gasteiger partial charge on any atom is -0.468 e. The molecule has 4 rings (SSSR count). The molecular weight excluding hydrogens is 450 g/mol. The van der Waals surface area contributed by atoms with Crippen molar-refractivity contribution in [1.29, 1.82) is 0 Å². The summed E-state index contributed by atoms with van der Waals surface area (Å²) in [6.07, 6.45) is 4.56. The number of carbonyl (C=O) groups is 1. The first kappa shape index (κ1) is 22.0. The molecule has 32 heavy (non-hydrogen) atoms. The summed E-state index contributed by atoms with van der Waals surface area (Å²) in [4.78, 5) is 16.9. The van der Waals surface area contributed by atoms with Gasteiger partial charge in [0.05, 0.1) is 34.1 Å². The monoisotopic (exact) mass is 469 g/mol. The lowest BCUT2D eigenvalue weighted by molar-refractivity contribution is -0.141. The molecule has 1 unspecified atom stereocenters. The predicted octanol–water partition coefficient (Wildman–Crippen LogP) is 3.71. The fourth-order valence-electron chi connectivity index (χ4n) is 3.38. The minimum absolute atomic E-state index is 0.243. The Kier molecular flexibility index (Phi) is 6.01. The quantitative estimate of drug-likeness (QED) is 0.570. The van der Waals surface area contributed by atoms with Gasteiger partial charge in [-0.25, -0.2) is 18.6 Å². The van der Waals surface area contributed by atoms with Crippen LogP contribution >= 0.6 is 11.6 Å². The van der Waals surface area contributed by atoms with Gasteiger partial charge in [0.15, 0.2) is 9.84 Å². The number of methoxy groups -OCH3 is 1. The van der Waals surface area contributed by atoms with Crippen LogP contribution in [0.5, 0.6) is 0 Å². The third-order valence-electron chi connectivity index (χ3n) is 5.00. The first-order chi connectivity index (χ1) is 15.3. The summed E-state index contributed by atoms with van der Waals surface area (Å²) in [5.41, 5.74) is 6.51. The summed E-state index contributed by atoms with van der Waals surface area (Å²) in [6, 6.07) is 16.9. The lowest BCUT2D eigenvalue weighted by Gasteiger charge is -2.24. The largest absolute Gasteiger partial charge is 0.468 e. The summed E-state index contributed by atoms with van der Waals surface area (Å²) >= 11 is 6.38. The van der Waals surface area contributed by atoms with Crippen LogP contribution in [-0.4, -0.2) is 38.8 Å². The maximum absolute atomic E-state index is 12.1. The van der Waals surface area contributed by atoms with Crippen LogP contribution in [0.15, 0.2) is 77.8 Å². The zero-order valence-corrected chi connectivity index (χ0v) is 18.9. The third-order valence-corrected chi connectivity index (χ3v) is 6.43. The van der Waals surface area contributed by atoms with Crippen molar-refractivity contribution in [3.63, 3.8) is 0 Å².